The zero-order chi connectivity index (χ0) is 13.0. The van der Waals surface area contributed by atoms with E-state index in [1.165, 1.54) is 6.07 Å². The van der Waals surface area contributed by atoms with E-state index in [2.05, 4.69) is 25.7 Å². The molecule has 1 aromatic rings. The average molecular weight is 237 g/mol. The Hall–Kier alpha value is -1.62. The Kier molecular flexibility index (Phi) is 4.45. The van der Waals surface area contributed by atoms with Crippen LogP contribution in [0.1, 0.15) is 26.3 Å². The Balaban J connectivity index is 2.87. The highest BCUT2D eigenvalue weighted by Gasteiger charge is 2.13. The van der Waals surface area contributed by atoms with Crippen LogP contribution in [0.5, 0.6) is 0 Å². The number of nitrogens with zero attached hydrogens (tertiary/aromatic N) is 2. The second kappa shape index (κ2) is 5.63. The van der Waals surface area contributed by atoms with E-state index in [9.17, 15) is 10.1 Å². The summed E-state index contributed by atoms with van der Waals surface area (Å²) in [6, 6.07) is 5.36. The molecule has 0 radical (unpaired) electrons. The first-order valence-electron chi connectivity index (χ1n) is 5.72. The Bertz CT molecular complexity index is 405. The fourth-order valence-electron chi connectivity index (χ4n) is 1.76. The highest BCUT2D eigenvalue weighted by molar-refractivity contribution is 5.59. The summed E-state index contributed by atoms with van der Waals surface area (Å²) in [5.41, 5.74) is 6.86. The second-order valence-corrected chi connectivity index (χ2v) is 4.31. The smallest absolute Gasteiger partial charge is 0.292 e. The van der Waals surface area contributed by atoms with Crippen molar-refractivity contribution in [2.45, 2.75) is 33.4 Å². The molecule has 0 bridgehead atoms. The Labute approximate surface area is 101 Å². The molecule has 1 rings (SSSR count). The topological polar surface area (TPSA) is 72.4 Å². The third-order valence-corrected chi connectivity index (χ3v) is 2.81. The van der Waals surface area contributed by atoms with Crippen LogP contribution < -0.4 is 5.73 Å². The summed E-state index contributed by atoms with van der Waals surface area (Å²) in [7, 11) is 0. The number of benzene rings is 1. The number of nitro benzene ring substituents is 1. The highest BCUT2D eigenvalue weighted by Crippen LogP contribution is 2.23. The molecule has 0 unspecified atom stereocenters. The number of hydrogen-bond acceptors (Lipinski definition) is 4. The standard InChI is InChI=1S/C12H19N3O2/c1-4-14(9(2)3)8-10-5-6-12(15(16)17)11(13)7-10/h5-7,9H,4,8,13H2,1-3H3. The fraction of sp³-hybridized carbons (Fsp3) is 0.500. The van der Waals surface area contributed by atoms with Gasteiger partial charge in [0.2, 0.25) is 0 Å². The third-order valence-electron chi connectivity index (χ3n) is 2.81. The predicted octanol–water partition coefficient (Wildman–Crippen LogP) is 2.41. The first-order chi connectivity index (χ1) is 7.95. The Morgan fingerprint density at radius 2 is 2.12 bits per heavy atom. The molecule has 0 fully saturated rings. The van der Waals surface area contributed by atoms with Crippen molar-refractivity contribution in [2.24, 2.45) is 0 Å². The molecule has 0 aliphatic heterocycles. The van der Waals surface area contributed by atoms with Crippen molar-refractivity contribution in [3.05, 3.63) is 33.9 Å². The minimum absolute atomic E-state index is 0.0265. The SMILES string of the molecule is CCN(Cc1ccc([N+](=O)[O-])c(N)c1)C(C)C. The van der Waals surface area contributed by atoms with Crippen LogP contribution in [0.25, 0.3) is 0 Å². The minimum atomic E-state index is -0.459. The van der Waals surface area contributed by atoms with Crippen molar-refractivity contribution in [2.75, 3.05) is 12.3 Å². The molecular formula is C12H19N3O2. The molecule has 5 heteroatoms. The van der Waals surface area contributed by atoms with E-state index in [4.69, 9.17) is 5.73 Å². The molecule has 0 spiro atoms. The number of nitrogens with two attached hydrogens (primary N) is 1. The molecular weight excluding hydrogens is 218 g/mol. The lowest BCUT2D eigenvalue weighted by molar-refractivity contribution is -0.383. The van der Waals surface area contributed by atoms with Crippen LogP contribution in [-0.4, -0.2) is 22.4 Å². The summed E-state index contributed by atoms with van der Waals surface area (Å²) in [6.45, 7) is 8.04. The molecule has 0 aliphatic rings. The lowest BCUT2D eigenvalue weighted by atomic mass is 10.1. The van der Waals surface area contributed by atoms with E-state index in [1.807, 2.05) is 0 Å². The molecule has 0 saturated heterocycles. The monoisotopic (exact) mass is 237 g/mol. The first kappa shape index (κ1) is 13.4. The number of nitrogen functional groups attached to an aromatic ring is 1. The van der Waals surface area contributed by atoms with Gasteiger partial charge in [-0.1, -0.05) is 13.0 Å². The zero-order valence-corrected chi connectivity index (χ0v) is 10.5. The summed E-state index contributed by atoms with van der Waals surface area (Å²) in [4.78, 5) is 12.4. The highest BCUT2D eigenvalue weighted by atomic mass is 16.6. The van der Waals surface area contributed by atoms with Gasteiger partial charge in [-0.15, -0.1) is 0 Å². The molecule has 5 nitrogen and oxygen atoms in total. The number of rotatable bonds is 5. The maximum atomic E-state index is 10.6. The normalized spacial score (nSPS) is 11.1. The molecule has 0 aromatic heterocycles. The second-order valence-electron chi connectivity index (χ2n) is 4.31. The molecule has 94 valence electrons. The first-order valence-corrected chi connectivity index (χ1v) is 5.72. The molecule has 0 atom stereocenters. The van der Waals surface area contributed by atoms with Crippen molar-refractivity contribution in [1.29, 1.82) is 0 Å². The van der Waals surface area contributed by atoms with Crippen LogP contribution in [0, 0.1) is 10.1 Å². The molecule has 0 aliphatic carbocycles. The average Bonchev–Trinajstić information content (AvgIpc) is 2.24. The van der Waals surface area contributed by atoms with Crippen LogP contribution in [0.4, 0.5) is 11.4 Å². The van der Waals surface area contributed by atoms with Crippen LogP contribution in [-0.2, 0) is 6.54 Å². The van der Waals surface area contributed by atoms with Crippen molar-refractivity contribution in [3.63, 3.8) is 0 Å². The number of anilines is 1. The van der Waals surface area contributed by atoms with E-state index >= 15 is 0 Å². The van der Waals surface area contributed by atoms with Gasteiger partial charge in [-0.05, 0) is 32.0 Å². The molecule has 0 amide bonds. The van der Waals surface area contributed by atoms with Gasteiger partial charge in [0.05, 0.1) is 4.92 Å². The Morgan fingerprint density at radius 1 is 1.47 bits per heavy atom. The van der Waals surface area contributed by atoms with Gasteiger partial charge in [-0.3, -0.25) is 15.0 Å². The quantitative estimate of drug-likeness (QED) is 0.485. The largest absolute Gasteiger partial charge is 0.393 e. The molecule has 2 N–H and O–H groups in total. The molecule has 0 heterocycles. The van der Waals surface area contributed by atoms with E-state index < -0.39 is 4.92 Å². The molecule has 0 saturated carbocycles. The van der Waals surface area contributed by atoms with Gasteiger partial charge in [0.15, 0.2) is 0 Å². The van der Waals surface area contributed by atoms with Crippen molar-refractivity contribution < 1.29 is 4.92 Å². The van der Waals surface area contributed by atoms with Gasteiger partial charge in [-0.2, -0.15) is 0 Å². The van der Waals surface area contributed by atoms with Crippen molar-refractivity contribution in [1.82, 2.24) is 4.90 Å². The lowest BCUT2D eigenvalue weighted by Crippen LogP contribution is -2.29. The number of hydrogen-bond donors (Lipinski definition) is 1. The van der Waals surface area contributed by atoms with E-state index in [1.54, 1.807) is 12.1 Å². The van der Waals surface area contributed by atoms with E-state index in [0.717, 1.165) is 18.7 Å². The van der Waals surface area contributed by atoms with Gasteiger partial charge in [0, 0.05) is 18.7 Å². The summed E-state index contributed by atoms with van der Waals surface area (Å²) in [5.74, 6) is 0. The maximum Gasteiger partial charge on any atom is 0.292 e. The molecule has 17 heavy (non-hydrogen) atoms. The summed E-state index contributed by atoms with van der Waals surface area (Å²) >= 11 is 0. The fourth-order valence-corrected chi connectivity index (χ4v) is 1.76. The summed E-state index contributed by atoms with van der Waals surface area (Å²) in [6.07, 6.45) is 0. The third kappa shape index (κ3) is 3.42. The van der Waals surface area contributed by atoms with E-state index in [0.29, 0.717) is 6.04 Å². The Morgan fingerprint density at radius 3 is 2.53 bits per heavy atom. The van der Waals surface area contributed by atoms with Crippen LogP contribution in [0.15, 0.2) is 18.2 Å². The number of nitro groups is 1. The van der Waals surface area contributed by atoms with Gasteiger partial charge in [-0.25, -0.2) is 0 Å². The summed E-state index contributed by atoms with van der Waals surface area (Å²) < 4.78 is 0. The minimum Gasteiger partial charge on any atom is -0.393 e. The van der Waals surface area contributed by atoms with Gasteiger partial charge in [0.25, 0.3) is 5.69 Å². The van der Waals surface area contributed by atoms with Crippen molar-refractivity contribution in [3.8, 4) is 0 Å². The van der Waals surface area contributed by atoms with Crippen LogP contribution in [0.3, 0.4) is 0 Å². The maximum absolute atomic E-state index is 10.6. The van der Waals surface area contributed by atoms with Gasteiger partial charge >= 0.3 is 0 Å². The predicted molar refractivity (Wildman–Crippen MR) is 68.7 cm³/mol. The zero-order valence-electron chi connectivity index (χ0n) is 10.5. The van der Waals surface area contributed by atoms with Gasteiger partial charge in [0.1, 0.15) is 5.69 Å². The van der Waals surface area contributed by atoms with Crippen molar-refractivity contribution >= 4 is 11.4 Å². The molecule has 1 aromatic carbocycles. The van der Waals surface area contributed by atoms with Gasteiger partial charge < -0.3 is 5.73 Å². The van der Waals surface area contributed by atoms with E-state index in [-0.39, 0.29) is 11.4 Å². The lowest BCUT2D eigenvalue weighted by Gasteiger charge is -2.24. The van der Waals surface area contributed by atoms with Crippen LogP contribution >= 0.6 is 0 Å². The van der Waals surface area contributed by atoms with Crippen LogP contribution in [0.2, 0.25) is 0 Å². The summed E-state index contributed by atoms with van der Waals surface area (Å²) in [5, 5.41) is 10.6.